The Hall–Kier alpha value is -1.95. The van der Waals surface area contributed by atoms with Crippen molar-refractivity contribution in [3.63, 3.8) is 0 Å². The minimum absolute atomic E-state index is 0.0463. The Morgan fingerprint density at radius 3 is 2.94 bits per heavy atom. The van der Waals surface area contributed by atoms with E-state index < -0.39 is 5.91 Å². The first-order chi connectivity index (χ1) is 8.18. The summed E-state index contributed by atoms with van der Waals surface area (Å²) in [6.45, 7) is 0. The first kappa shape index (κ1) is 11.5. The lowest BCUT2D eigenvalue weighted by Crippen LogP contribution is -2.21. The predicted octanol–water partition coefficient (Wildman–Crippen LogP) is 1.78. The molecular weight excluding hydrogens is 286 g/mol. The van der Waals surface area contributed by atoms with Crippen LogP contribution in [0.25, 0.3) is 0 Å². The van der Waals surface area contributed by atoms with Crippen molar-refractivity contribution >= 4 is 27.7 Å². The third-order valence-electron chi connectivity index (χ3n) is 2.06. The number of anilines is 1. The molecule has 0 unspecified atom stereocenters. The molecule has 0 bridgehead atoms. The lowest BCUT2D eigenvalue weighted by atomic mass is 10.2. The van der Waals surface area contributed by atoms with Crippen molar-refractivity contribution < 1.29 is 4.79 Å². The zero-order chi connectivity index (χ0) is 12.3. The number of hydrogen-bond donors (Lipinski definition) is 2. The average Bonchev–Trinajstić information content (AvgIpc) is 2.32. The van der Waals surface area contributed by atoms with Crippen LogP contribution >= 0.6 is 15.9 Å². The summed E-state index contributed by atoms with van der Waals surface area (Å²) in [6, 6.07) is 4.77. The van der Waals surface area contributed by atoms with Crippen molar-refractivity contribution in [2.24, 2.45) is 0 Å². The fourth-order valence-electron chi connectivity index (χ4n) is 1.25. The molecule has 1 amide bonds. The van der Waals surface area contributed by atoms with Gasteiger partial charge in [-0.25, -0.2) is 4.98 Å². The number of hydrogen-bond acceptors (Lipinski definition) is 3. The second-order valence-corrected chi connectivity index (χ2v) is 4.06. The van der Waals surface area contributed by atoms with Crippen LogP contribution in [0.1, 0.15) is 10.4 Å². The number of nitrogens with one attached hydrogen (secondary N) is 2. The van der Waals surface area contributed by atoms with Crippen molar-refractivity contribution in [3.8, 4) is 0 Å². The molecule has 2 aromatic heterocycles. The summed E-state index contributed by atoms with van der Waals surface area (Å²) < 4.78 is 0.653. The number of H-pyrrole nitrogens is 1. The molecule has 2 heterocycles. The summed E-state index contributed by atoms with van der Waals surface area (Å²) in [7, 11) is 0. The van der Waals surface area contributed by atoms with Crippen LogP contribution in [0.4, 0.5) is 5.82 Å². The lowest BCUT2D eigenvalue weighted by Gasteiger charge is -2.04. The maximum Gasteiger partial charge on any atom is 0.262 e. The third-order valence-corrected chi connectivity index (χ3v) is 2.70. The topological polar surface area (TPSA) is 74.8 Å². The fourth-order valence-corrected chi connectivity index (χ4v) is 1.60. The lowest BCUT2D eigenvalue weighted by molar-refractivity contribution is 0.102. The van der Waals surface area contributed by atoms with Crippen LogP contribution in [-0.4, -0.2) is 15.9 Å². The zero-order valence-electron chi connectivity index (χ0n) is 8.61. The molecule has 0 aliphatic heterocycles. The molecule has 0 aliphatic rings. The second-order valence-electron chi connectivity index (χ2n) is 3.21. The van der Waals surface area contributed by atoms with E-state index in [9.17, 15) is 9.59 Å². The van der Waals surface area contributed by atoms with E-state index in [4.69, 9.17) is 0 Å². The Morgan fingerprint density at radius 1 is 1.41 bits per heavy atom. The number of aromatic amines is 1. The number of pyridine rings is 2. The molecule has 0 spiro atoms. The quantitative estimate of drug-likeness (QED) is 0.886. The molecule has 17 heavy (non-hydrogen) atoms. The van der Waals surface area contributed by atoms with E-state index in [-0.39, 0.29) is 11.0 Å². The standard InChI is InChI=1S/C11H8BrN3O2/c12-8-2-1-4-14-10(8)15-11(17)7-6-13-5-3-9(7)16/h1-6H,(H,13,16)(H,14,15,17). The summed E-state index contributed by atoms with van der Waals surface area (Å²) in [5.74, 6) is -0.119. The smallest absolute Gasteiger partial charge is 0.262 e. The number of nitrogens with zero attached hydrogens (tertiary/aromatic N) is 1. The molecule has 0 atom stereocenters. The molecule has 5 nitrogen and oxygen atoms in total. The van der Waals surface area contributed by atoms with E-state index in [2.05, 4.69) is 31.2 Å². The molecule has 0 radical (unpaired) electrons. The van der Waals surface area contributed by atoms with Gasteiger partial charge in [-0.1, -0.05) is 0 Å². The van der Waals surface area contributed by atoms with Crippen LogP contribution in [0.15, 0.2) is 46.1 Å². The summed E-state index contributed by atoms with van der Waals surface area (Å²) in [6.07, 6.45) is 4.37. The Morgan fingerprint density at radius 2 is 2.24 bits per heavy atom. The summed E-state index contributed by atoms with van der Waals surface area (Å²) in [4.78, 5) is 29.9. The molecular formula is C11H8BrN3O2. The summed E-state index contributed by atoms with van der Waals surface area (Å²) in [5.41, 5.74) is -0.293. The molecule has 6 heteroatoms. The molecule has 0 saturated carbocycles. The highest BCUT2D eigenvalue weighted by atomic mass is 79.9. The van der Waals surface area contributed by atoms with Crippen molar-refractivity contribution in [2.75, 3.05) is 5.32 Å². The van der Waals surface area contributed by atoms with Crippen LogP contribution in [-0.2, 0) is 0 Å². The van der Waals surface area contributed by atoms with E-state index >= 15 is 0 Å². The van der Waals surface area contributed by atoms with Gasteiger partial charge < -0.3 is 10.3 Å². The normalized spacial score (nSPS) is 9.94. The number of rotatable bonds is 2. The maximum absolute atomic E-state index is 11.8. The highest BCUT2D eigenvalue weighted by Crippen LogP contribution is 2.18. The molecule has 2 rings (SSSR count). The van der Waals surface area contributed by atoms with Crippen LogP contribution in [0.2, 0.25) is 0 Å². The van der Waals surface area contributed by atoms with Gasteiger partial charge in [0.25, 0.3) is 5.91 Å². The van der Waals surface area contributed by atoms with Crippen LogP contribution < -0.4 is 10.7 Å². The predicted molar refractivity (Wildman–Crippen MR) is 67.0 cm³/mol. The molecule has 2 N–H and O–H groups in total. The largest absolute Gasteiger partial charge is 0.367 e. The van der Waals surface area contributed by atoms with Gasteiger partial charge in [0.15, 0.2) is 5.43 Å². The van der Waals surface area contributed by atoms with Gasteiger partial charge in [-0.2, -0.15) is 0 Å². The molecule has 0 aliphatic carbocycles. The van der Waals surface area contributed by atoms with Crippen LogP contribution in [0.3, 0.4) is 0 Å². The fraction of sp³-hybridized carbons (Fsp3) is 0. The molecule has 0 fully saturated rings. The van der Waals surface area contributed by atoms with E-state index in [1.54, 1.807) is 18.3 Å². The van der Waals surface area contributed by atoms with Crippen LogP contribution in [0.5, 0.6) is 0 Å². The van der Waals surface area contributed by atoms with Crippen molar-refractivity contribution in [1.29, 1.82) is 0 Å². The van der Waals surface area contributed by atoms with Gasteiger partial charge in [0, 0.05) is 24.7 Å². The zero-order valence-corrected chi connectivity index (χ0v) is 10.2. The molecule has 0 aromatic carbocycles. The van der Waals surface area contributed by atoms with Gasteiger partial charge in [-0.15, -0.1) is 0 Å². The minimum Gasteiger partial charge on any atom is -0.367 e. The first-order valence-electron chi connectivity index (χ1n) is 4.77. The van der Waals surface area contributed by atoms with Gasteiger partial charge in [0.2, 0.25) is 0 Å². The maximum atomic E-state index is 11.8. The monoisotopic (exact) mass is 293 g/mol. The second kappa shape index (κ2) is 4.92. The number of amides is 1. The van der Waals surface area contributed by atoms with E-state index in [1.165, 1.54) is 18.5 Å². The van der Waals surface area contributed by atoms with Gasteiger partial charge in [-0.05, 0) is 28.1 Å². The number of halogens is 1. The highest BCUT2D eigenvalue weighted by molar-refractivity contribution is 9.10. The Kier molecular flexibility index (Phi) is 3.34. The van der Waals surface area contributed by atoms with Gasteiger partial charge >= 0.3 is 0 Å². The van der Waals surface area contributed by atoms with E-state index in [1.807, 2.05) is 0 Å². The van der Waals surface area contributed by atoms with Crippen molar-refractivity contribution in [3.05, 3.63) is 57.0 Å². The van der Waals surface area contributed by atoms with E-state index in [0.717, 1.165) is 0 Å². The summed E-state index contributed by atoms with van der Waals surface area (Å²) >= 11 is 3.25. The van der Waals surface area contributed by atoms with Crippen molar-refractivity contribution in [2.45, 2.75) is 0 Å². The van der Waals surface area contributed by atoms with Gasteiger partial charge in [0.1, 0.15) is 11.4 Å². The summed E-state index contributed by atoms with van der Waals surface area (Å²) in [5, 5.41) is 2.55. The minimum atomic E-state index is -0.494. The Bertz CT molecular complexity index is 609. The third kappa shape index (κ3) is 2.59. The van der Waals surface area contributed by atoms with Crippen molar-refractivity contribution in [1.82, 2.24) is 9.97 Å². The highest BCUT2D eigenvalue weighted by Gasteiger charge is 2.11. The number of carbonyl (C=O) groups is 1. The number of carbonyl (C=O) groups excluding carboxylic acids is 1. The Balaban J connectivity index is 2.27. The SMILES string of the molecule is O=C(Nc1ncccc1Br)c1c[nH]ccc1=O. The molecule has 0 saturated heterocycles. The van der Waals surface area contributed by atoms with Gasteiger partial charge in [0.05, 0.1) is 4.47 Å². The number of aromatic nitrogens is 2. The molecule has 2 aromatic rings. The van der Waals surface area contributed by atoms with Gasteiger partial charge in [-0.3, -0.25) is 9.59 Å². The van der Waals surface area contributed by atoms with E-state index in [0.29, 0.717) is 10.3 Å². The Labute approximate surface area is 105 Å². The van der Waals surface area contributed by atoms with Crippen LogP contribution in [0, 0.1) is 0 Å². The first-order valence-corrected chi connectivity index (χ1v) is 5.57. The average molecular weight is 294 g/mol. The molecule has 86 valence electrons.